The Morgan fingerprint density at radius 1 is 0.909 bits per heavy atom. The van der Waals surface area contributed by atoms with E-state index in [1.54, 1.807) is 0 Å². The zero-order valence-electron chi connectivity index (χ0n) is 26.2. The SMILES string of the molecule is CCc1c2[n-]c(c1C)/C=C1\[N-]/C(=C3\c4[n-]c(c(C)c4C(=O)[C@@H]3C(=O)OC)/C=c3\[n-]/c(c(C)c3C)=C\2)[C@@H](CCC(=O)O)[C@@H]1C.[Mg+2]. The minimum absolute atomic E-state index is 0. The van der Waals surface area contributed by atoms with Crippen LogP contribution in [0, 0.1) is 45.4 Å². The number of hydrogen-bond acceptors (Lipinski definition) is 4. The minimum Gasteiger partial charge on any atom is -0.664 e. The van der Waals surface area contributed by atoms with Crippen LogP contribution in [0.2, 0.25) is 0 Å². The molecule has 0 amide bonds. The molecule has 0 saturated carbocycles. The van der Waals surface area contributed by atoms with Gasteiger partial charge in [-0.2, -0.15) is 11.4 Å². The Bertz CT molecular complexity index is 1920. The second-order valence-corrected chi connectivity index (χ2v) is 11.7. The van der Waals surface area contributed by atoms with E-state index in [0.717, 1.165) is 56.5 Å². The van der Waals surface area contributed by atoms with Gasteiger partial charge in [0, 0.05) is 12.0 Å². The summed E-state index contributed by atoms with van der Waals surface area (Å²) in [5.41, 5.74) is 9.58. The van der Waals surface area contributed by atoms with Gasteiger partial charge in [-0.3, -0.25) is 14.4 Å². The molecule has 1 aliphatic carbocycles. The van der Waals surface area contributed by atoms with Gasteiger partial charge >= 0.3 is 35.0 Å². The third kappa shape index (κ3) is 4.79. The van der Waals surface area contributed by atoms with Gasteiger partial charge in [-0.25, -0.2) is 0 Å². The number of aliphatic carboxylic acids is 1. The van der Waals surface area contributed by atoms with Crippen LogP contribution in [-0.2, 0) is 20.7 Å². The largest absolute Gasteiger partial charge is 2.00 e. The molecule has 9 nitrogen and oxygen atoms in total. The number of rotatable bonds is 5. The van der Waals surface area contributed by atoms with Crippen molar-refractivity contribution in [2.75, 3.05) is 7.11 Å². The summed E-state index contributed by atoms with van der Waals surface area (Å²) >= 11 is 0. The fourth-order valence-corrected chi connectivity index (χ4v) is 6.78. The number of hydrogen-bond donors (Lipinski definition) is 1. The molecule has 0 aromatic carbocycles. The van der Waals surface area contributed by atoms with E-state index in [1.807, 2.05) is 52.8 Å². The summed E-state index contributed by atoms with van der Waals surface area (Å²) in [6, 6.07) is 0. The summed E-state index contributed by atoms with van der Waals surface area (Å²) in [4.78, 5) is 53.7. The summed E-state index contributed by atoms with van der Waals surface area (Å²) in [5, 5.41) is 16.2. The van der Waals surface area contributed by atoms with Crippen LogP contribution in [0.25, 0.3) is 29.1 Å². The molecular formula is C34H34MgN4O5-2. The van der Waals surface area contributed by atoms with Gasteiger partial charge in [0.05, 0.1) is 7.11 Å². The van der Waals surface area contributed by atoms with E-state index in [0.29, 0.717) is 33.8 Å². The number of carboxylic acids is 1. The summed E-state index contributed by atoms with van der Waals surface area (Å²) < 4.78 is 5.11. The predicted molar refractivity (Wildman–Crippen MR) is 167 cm³/mol. The quantitative estimate of drug-likeness (QED) is 0.267. The number of fused-ring (bicyclic) bond motifs is 7. The third-order valence-corrected chi connectivity index (χ3v) is 9.48. The van der Waals surface area contributed by atoms with Crippen molar-refractivity contribution in [3.63, 3.8) is 0 Å². The van der Waals surface area contributed by atoms with Gasteiger partial charge in [0.1, 0.15) is 5.92 Å². The van der Waals surface area contributed by atoms with Crippen molar-refractivity contribution in [3.05, 3.63) is 83.6 Å². The molecule has 44 heavy (non-hydrogen) atoms. The average molecular weight is 603 g/mol. The number of carbonyl (C=O) groups excluding carboxylic acids is 2. The first-order valence-electron chi connectivity index (χ1n) is 14.6. The molecule has 1 saturated heterocycles. The van der Waals surface area contributed by atoms with Gasteiger partial charge in [0.25, 0.3) is 0 Å². The van der Waals surface area contributed by atoms with Crippen LogP contribution in [0.15, 0.2) is 11.4 Å². The Kier molecular flexibility index (Phi) is 8.37. The van der Waals surface area contributed by atoms with Crippen molar-refractivity contribution in [2.45, 2.75) is 60.8 Å². The number of esters is 1. The first-order valence-corrected chi connectivity index (χ1v) is 14.6. The Morgan fingerprint density at radius 3 is 2.16 bits per heavy atom. The Morgan fingerprint density at radius 2 is 1.55 bits per heavy atom. The van der Waals surface area contributed by atoms with E-state index in [1.165, 1.54) is 7.11 Å². The number of Topliss-reactive ketones (excluding diaryl/α,β-unsaturated/α-hetero) is 1. The first-order chi connectivity index (χ1) is 20.5. The van der Waals surface area contributed by atoms with Crippen molar-refractivity contribution >= 4 is 64.6 Å². The van der Waals surface area contributed by atoms with E-state index in [-0.39, 0.29) is 53.5 Å². The van der Waals surface area contributed by atoms with Gasteiger partial charge in [0.2, 0.25) is 0 Å². The van der Waals surface area contributed by atoms with Crippen LogP contribution in [0.3, 0.4) is 0 Å². The number of ether oxygens (including phenoxy) is 1. The number of carboxylic acid groups (broad SMARTS) is 1. The molecule has 1 N–H and O–H groups in total. The van der Waals surface area contributed by atoms with E-state index in [4.69, 9.17) is 25.0 Å². The van der Waals surface area contributed by atoms with Crippen molar-refractivity contribution in [1.82, 2.24) is 15.0 Å². The summed E-state index contributed by atoms with van der Waals surface area (Å²) in [6.45, 7) is 12.0. The first kappa shape index (κ1) is 31.7. The second kappa shape index (κ2) is 11.6. The van der Waals surface area contributed by atoms with Crippen LogP contribution >= 0.6 is 0 Å². The molecule has 0 radical (unpaired) electrons. The maximum atomic E-state index is 13.9. The van der Waals surface area contributed by atoms with Crippen LogP contribution in [-0.4, -0.2) is 53.0 Å². The van der Waals surface area contributed by atoms with Crippen molar-refractivity contribution in [2.24, 2.45) is 17.8 Å². The normalized spacial score (nSPS) is 24.4. The Labute approximate surface area is 272 Å². The molecule has 8 bridgehead atoms. The molecule has 3 aromatic heterocycles. The number of allylic oxidation sites excluding steroid dienone is 2. The molecule has 6 rings (SSSR count). The van der Waals surface area contributed by atoms with Crippen molar-refractivity contribution < 1.29 is 24.2 Å². The smallest absolute Gasteiger partial charge is 0.664 e. The van der Waals surface area contributed by atoms with E-state index in [2.05, 4.69) is 6.92 Å². The molecule has 3 aromatic rings. The summed E-state index contributed by atoms with van der Waals surface area (Å²) in [6.07, 6.45) is 6.88. The number of aromatic nitrogens is 3. The fourth-order valence-electron chi connectivity index (χ4n) is 6.78. The van der Waals surface area contributed by atoms with Gasteiger partial charge in [0.15, 0.2) is 5.78 Å². The topological polar surface area (TPSA) is 137 Å². The van der Waals surface area contributed by atoms with Crippen LogP contribution in [0.1, 0.15) is 87.6 Å². The van der Waals surface area contributed by atoms with Crippen LogP contribution < -0.4 is 25.7 Å². The molecule has 0 spiro atoms. The summed E-state index contributed by atoms with van der Waals surface area (Å²) in [5.74, 6) is -3.74. The number of ketones is 1. The monoisotopic (exact) mass is 602 g/mol. The maximum absolute atomic E-state index is 13.9. The Balaban J connectivity index is 0.00000384. The molecule has 3 aliphatic rings. The molecule has 0 unspecified atom stereocenters. The molecule has 5 heterocycles. The van der Waals surface area contributed by atoms with Gasteiger partial charge in [-0.1, -0.05) is 65.5 Å². The number of nitrogens with zero attached hydrogens (tertiary/aromatic N) is 4. The van der Waals surface area contributed by atoms with Crippen LogP contribution in [0.5, 0.6) is 0 Å². The van der Waals surface area contributed by atoms with Crippen molar-refractivity contribution in [1.29, 1.82) is 0 Å². The average Bonchev–Trinajstić information content (AvgIpc) is 3.70. The van der Waals surface area contributed by atoms with Gasteiger partial charge in [-0.15, -0.1) is 33.5 Å². The molecular weight excluding hydrogens is 569 g/mol. The maximum Gasteiger partial charge on any atom is 2.00 e. The standard InChI is InChI=1S/C34H36N4O5.Mg/c1-8-19-16(4)23-12-24-17(5)20(9-10-27(39)40)31(37-24)29-30(34(42)43-7)33(41)28-18(6)25(38-32(28)29)11-21-14(2)15(3)22(35-21)13-26(19)36-23;/h11-13,17,20,30H,8-10H2,1-7H3,(H3,37,38,39,40,41);/q-2;+2/p-2/b21-11-,22-13-,24-12-;/t17-,20-,30+;/m0./s1. The molecule has 2 aliphatic heterocycles. The molecule has 10 heteroatoms. The van der Waals surface area contributed by atoms with E-state index >= 15 is 0 Å². The zero-order valence-corrected chi connectivity index (χ0v) is 27.6. The molecule has 1 fully saturated rings. The number of carbonyl (C=O) groups is 3. The number of methoxy groups -OCH3 is 1. The van der Waals surface area contributed by atoms with Crippen LogP contribution in [0.4, 0.5) is 0 Å². The van der Waals surface area contributed by atoms with Crippen molar-refractivity contribution in [3.8, 4) is 0 Å². The minimum atomic E-state index is -1.22. The third-order valence-electron chi connectivity index (χ3n) is 9.48. The van der Waals surface area contributed by atoms with E-state index < -0.39 is 17.9 Å². The Hall–Kier alpha value is -3.76. The zero-order chi connectivity index (χ0) is 30.9. The van der Waals surface area contributed by atoms with Gasteiger partial charge in [-0.05, 0) is 52.4 Å². The van der Waals surface area contributed by atoms with E-state index in [9.17, 15) is 19.5 Å². The predicted octanol–water partition coefficient (Wildman–Crippen LogP) is 3.19. The molecule has 3 atom stereocenters. The van der Waals surface area contributed by atoms with Gasteiger partial charge < -0.3 is 30.1 Å². The molecule has 224 valence electrons. The fraction of sp³-hybridized carbons (Fsp3) is 0.382. The summed E-state index contributed by atoms with van der Waals surface area (Å²) in [7, 11) is 1.26. The second-order valence-electron chi connectivity index (χ2n) is 11.7.